The Morgan fingerprint density at radius 1 is 1.07 bits per heavy atom. The monoisotopic (exact) mass is 388 g/mol. The minimum absolute atomic E-state index is 0.253. The normalized spacial score (nSPS) is 20.3. The summed E-state index contributed by atoms with van der Waals surface area (Å²) in [6.45, 7) is 3.72. The van der Waals surface area contributed by atoms with E-state index >= 15 is 0 Å². The molecule has 1 unspecified atom stereocenters. The van der Waals surface area contributed by atoms with Crippen molar-refractivity contribution in [1.82, 2.24) is 9.88 Å². The molecule has 2 aliphatic rings. The van der Waals surface area contributed by atoms with Gasteiger partial charge in [-0.25, -0.2) is 0 Å². The van der Waals surface area contributed by atoms with Crippen molar-refractivity contribution in [2.75, 3.05) is 26.4 Å². The molecule has 1 atom stereocenters. The predicted octanol–water partition coefficient (Wildman–Crippen LogP) is 4.60. The van der Waals surface area contributed by atoms with Gasteiger partial charge >= 0.3 is 0 Å². The lowest BCUT2D eigenvalue weighted by molar-refractivity contribution is 0.152. The van der Waals surface area contributed by atoms with Crippen LogP contribution >= 0.6 is 0 Å². The van der Waals surface area contributed by atoms with E-state index in [1.165, 1.54) is 45.3 Å². The van der Waals surface area contributed by atoms with Crippen LogP contribution in [0.3, 0.4) is 0 Å². The highest BCUT2D eigenvalue weighted by molar-refractivity contribution is 5.86. The Morgan fingerprint density at radius 3 is 2.83 bits per heavy atom. The molecule has 0 spiro atoms. The maximum atomic E-state index is 9.57. The third-order valence-corrected chi connectivity index (χ3v) is 6.29. The summed E-state index contributed by atoms with van der Waals surface area (Å²) in [7, 11) is 0. The van der Waals surface area contributed by atoms with Crippen molar-refractivity contribution in [2.24, 2.45) is 0 Å². The first-order valence-corrected chi connectivity index (χ1v) is 10.6. The van der Waals surface area contributed by atoms with Crippen molar-refractivity contribution in [3.05, 3.63) is 65.9 Å². The van der Waals surface area contributed by atoms with Gasteiger partial charge in [-0.2, -0.15) is 0 Å². The maximum Gasteiger partial charge on any atom is 0.0653 e. The van der Waals surface area contributed by atoms with Gasteiger partial charge in [0.2, 0.25) is 0 Å². The number of nitrogens with zero attached hydrogens (tertiary/aromatic N) is 1. The van der Waals surface area contributed by atoms with Crippen LogP contribution in [-0.4, -0.2) is 47.4 Å². The van der Waals surface area contributed by atoms with Crippen molar-refractivity contribution in [1.29, 1.82) is 0 Å². The Bertz CT molecular complexity index is 1040. The lowest BCUT2D eigenvalue weighted by Crippen LogP contribution is -2.31. The number of ether oxygens (including phenoxy) is 1. The number of fused-ring (bicyclic) bond motifs is 1. The molecule has 3 heterocycles. The number of aromatic amines is 1. The summed E-state index contributed by atoms with van der Waals surface area (Å²) in [4.78, 5) is 5.95. The summed E-state index contributed by atoms with van der Waals surface area (Å²) in [6.07, 6.45) is 5.45. The van der Waals surface area contributed by atoms with Crippen LogP contribution in [0.15, 0.2) is 54.6 Å². The SMILES string of the molecule is OCC1CCCN1Cc1cc2cc(-c3cccc(C4=CCOCC4)c3)ccc2[nH]1. The van der Waals surface area contributed by atoms with E-state index in [0.29, 0.717) is 12.6 Å². The van der Waals surface area contributed by atoms with Gasteiger partial charge in [0.1, 0.15) is 0 Å². The van der Waals surface area contributed by atoms with Crippen molar-refractivity contribution in [3.63, 3.8) is 0 Å². The maximum absolute atomic E-state index is 9.57. The average molecular weight is 389 g/mol. The number of aliphatic hydroxyl groups is 1. The van der Waals surface area contributed by atoms with Gasteiger partial charge in [0.15, 0.2) is 0 Å². The van der Waals surface area contributed by atoms with Gasteiger partial charge in [-0.05, 0) is 72.3 Å². The average Bonchev–Trinajstić information content (AvgIpc) is 3.40. The van der Waals surface area contributed by atoms with E-state index in [2.05, 4.69) is 64.5 Å². The molecule has 4 nitrogen and oxygen atoms in total. The summed E-state index contributed by atoms with van der Waals surface area (Å²) in [5.41, 5.74) is 7.56. The van der Waals surface area contributed by atoms with Crippen molar-refractivity contribution < 1.29 is 9.84 Å². The first-order chi connectivity index (χ1) is 14.3. The molecule has 4 heteroatoms. The van der Waals surface area contributed by atoms with Crippen LogP contribution in [-0.2, 0) is 11.3 Å². The second kappa shape index (κ2) is 8.15. The van der Waals surface area contributed by atoms with Crippen LogP contribution in [0.1, 0.15) is 30.5 Å². The molecular weight excluding hydrogens is 360 g/mol. The number of benzene rings is 2. The number of hydrogen-bond acceptors (Lipinski definition) is 3. The van der Waals surface area contributed by atoms with Crippen LogP contribution < -0.4 is 0 Å². The van der Waals surface area contributed by atoms with Crippen molar-refractivity contribution >= 4 is 16.5 Å². The molecule has 2 aliphatic heterocycles. The smallest absolute Gasteiger partial charge is 0.0653 e. The number of nitrogens with one attached hydrogen (secondary N) is 1. The summed E-state index contributed by atoms with van der Waals surface area (Å²) in [5, 5.41) is 10.8. The highest BCUT2D eigenvalue weighted by Gasteiger charge is 2.24. The first-order valence-electron chi connectivity index (χ1n) is 10.6. The van der Waals surface area contributed by atoms with Crippen LogP contribution in [0, 0.1) is 0 Å². The van der Waals surface area contributed by atoms with E-state index in [4.69, 9.17) is 4.74 Å². The Balaban J connectivity index is 1.41. The summed E-state index contributed by atoms with van der Waals surface area (Å²) in [5.74, 6) is 0. The molecule has 0 aliphatic carbocycles. The first kappa shape index (κ1) is 18.6. The molecular formula is C25H28N2O2. The van der Waals surface area contributed by atoms with Gasteiger partial charge in [0, 0.05) is 29.2 Å². The zero-order valence-electron chi connectivity index (χ0n) is 16.7. The van der Waals surface area contributed by atoms with E-state index in [1.807, 2.05) is 0 Å². The number of rotatable bonds is 5. The van der Waals surface area contributed by atoms with Crippen molar-refractivity contribution in [2.45, 2.75) is 31.8 Å². The molecule has 3 aromatic rings. The van der Waals surface area contributed by atoms with Gasteiger partial charge in [-0.3, -0.25) is 4.90 Å². The molecule has 1 fully saturated rings. The Labute approximate surface area is 171 Å². The second-order valence-corrected chi connectivity index (χ2v) is 8.18. The van der Waals surface area contributed by atoms with Crippen LogP contribution in [0.2, 0.25) is 0 Å². The molecule has 0 amide bonds. The van der Waals surface area contributed by atoms with Gasteiger partial charge in [-0.15, -0.1) is 0 Å². The number of aliphatic hydroxyl groups excluding tert-OH is 1. The van der Waals surface area contributed by atoms with Gasteiger partial charge in [0.25, 0.3) is 0 Å². The fourth-order valence-electron chi connectivity index (χ4n) is 4.67. The number of H-pyrrole nitrogens is 1. The minimum atomic E-state index is 0.253. The molecule has 150 valence electrons. The molecule has 0 radical (unpaired) electrons. The zero-order valence-corrected chi connectivity index (χ0v) is 16.7. The Hall–Kier alpha value is -2.40. The summed E-state index contributed by atoms with van der Waals surface area (Å²) < 4.78 is 5.45. The number of aromatic nitrogens is 1. The molecule has 0 saturated carbocycles. The van der Waals surface area contributed by atoms with Crippen LogP contribution in [0.25, 0.3) is 27.6 Å². The van der Waals surface area contributed by atoms with Crippen LogP contribution in [0.4, 0.5) is 0 Å². The topological polar surface area (TPSA) is 48.5 Å². The van der Waals surface area contributed by atoms with E-state index in [1.54, 1.807) is 0 Å². The fraction of sp³-hybridized carbons (Fsp3) is 0.360. The third-order valence-electron chi connectivity index (χ3n) is 6.29. The van der Waals surface area contributed by atoms with Gasteiger partial charge < -0.3 is 14.8 Å². The molecule has 1 aromatic heterocycles. The van der Waals surface area contributed by atoms with Crippen molar-refractivity contribution in [3.8, 4) is 11.1 Å². The van der Waals surface area contributed by atoms with Gasteiger partial charge in [-0.1, -0.05) is 30.3 Å². The third kappa shape index (κ3) is 3.88. The van der Waals surface area contributed by atoms with E-state index < -0.39 is 0 Å². The predicted molar refractivity (Wildman–Crippen MR) is 118 cm³/mol. The highest BCUT2D eigenvalue weighted by Crippen LogP contribution is 2.29. The Morgan fingerprint density at radius 2 is 1.97 bits per heavy atom. The van der Waals surface area contributed by atoms with E-state index in [9.17, 15) is 5.11 Å². The quantitative estimate of drug-likeness (QED) is 0.672. The molecule has 2 aromatic carbocycles. The lowest BCUT2D eigenvalue weighted by atomic mass is 9.96. The molecule has 5 rings (SSSR count). The minimum Gasteiger partial charge on any atom is -0.395 e. The number of likely N-dealkylation sites (tertiary alicyclic amines) is 1. The van der Waals surface area contributed by atoms with Crippen LogP contribution in [0.5, 0.6) is 0 Å². The largest absolute Gasteiger partial charge is 0.395 e. The molecule has 29 heavy (non-hydrogen) atoms. The summed E-state index contributed by atoms with van der Waals surface area (Å²) in [6, 6.07) is 18.1. The second-order valence-electron chi connectivity index (χ2n) is 8.18. The fourth-order valence-corrected chi connectivity index (χ4v) is 4.67. The lowest BCUT2D eigenvalue weighted by Gasteiger charge is -2.21. The van der Waals surface area contributed by atoms with Gasteiger partial charge in [0.05, 0.1) is 19.8 Å². The molecule has 0 bridgehead atoms. The standard InChI is InChI=1S/C25H28N2O2/c28-17-24-5-2-10-27(24)16-23-15-22-14-21(6-7-25(22)26-23)20-4-1-3-19(13-20)18-8-11-29-12-9-18/h1,3-4,6-8,13-15,24,26,28H,2,5,9-12,16-17H2. The number of hydrogen-bond donors (Lipinski definition) is 2. The highest BCUT2D eigenvalue weighted by atomic mass is 16.5. The zero-order chi connectivity index (χ0) is 19.6. The molecule has 2 N–H and O–H groups in total. The molecule has 1 saturated heterocycles. The summed E-state index contributed by atoms with van der Waals surface area (Å²) >= 11 is 0. The van der Waals surface area contributed by atoms with E-state index in [-0.39, 0.29) is 6.61 Å². The Kier molecular flexibility index (Phi) is 5.23. The van der Waals surface area contributed by atoms with E-state index in [0.717, 1.165) is 32.5 Å².